The van der Waals surface area contributed by atoms with Crippen LogP contribution in [0.5, 0.6) is 0 Å². The summed E-state index contributed by atoms with van der Waals surface area (Å²) in [6, 6.07) is 6.39. The zero-order valence-electron chi connectivity index (χ0n) is 16.7. The van der Waals surface area contributed by atoms with E-state index in [1.54, 1.807) is 24.3 Å². The summed E-state index contributed by atoms with van der Waals surface area (Å²) >= 11 is 0. The lowest BCUT2D eigenvalue weighted by Gasteiger charge is -2.38. The molecular weight excluding hydrogens is 362 g/mol. The van der Waals surface area contributed by atoms with Crippen LogP contribution < -0.4 is 5.73 Å². The lowest BCUT2D eigenvalue weighted by Crippen LogP contribution is -2.49. The molecule has 2 N–H and O–H groups in total. The summed E-state index contributed by atoms with van der Waals surface area (Å²) in [6.45, 7) is 8.26. The number of nitrogens with two attached hydrogens (primary N) is 1. The molecule has 0 radical (unpaired) electrons. The predicted octanol–water partition coefficient (Wildman–Crippen LogP) is 2.70. The largest absolute Gasteiger partial charge is 0.334 e. The number of carbonyl (C=O) groups is 1. The second-order valence-electron chi connectivity index (χ2n) is 7.45. The average Bonchev–Trinajstić information content (AvgIpc) is 2.67. The van der Waals surface area contributed by atoms with Crippen LogP contribution in [0.3, 0.4) is 0 Å². The van der Waals surface area contributed by atoms with Crippen LogP contribution in [0.1, 0.15) is 56.8 Å². The second-order valence-corrected chi connectivity index (χ2v) is 9.38. The van der Waals surface area contributed by atoms with Crippen molar-refractivity contribution in [3.63, 3.8) is 0 Å². The Balaban J connectivity index is 2.19. The van der Waals surface area contributed by atoms with E-state index >= 15 is 0 Å². The standard InChI is InChI=1S/C20H33N3O3S/c1-4-11-22(12-5-2)27(25,26)19-8-6-17(7-9-19)20(24)23-13-10-16(3)14-18(23)15-21/h6-9,16,18H,4-5,10-15,21H2,1-3H3. The molecule has 2 atom stereocenters. The molecule has 1 aromatic carbocycles. The molecule has 27 heavy (non-hydrogen) atoms. The van der Waals surface area contributed by atoms with Crippen LogP contribution in [0, 0.1) is 5.92 Å². The van der Waals surface area contributed by atoms with E-state index in [0.29, 0.717) is 37.7 Å². The molecule has 1 fully saturated rings. The molecule has 0 saturated carbocycles. The van der Waals surface area contributed by atoms with Crippen molar-refractivity contribution in [2.75, 3.05) is 26.2 Å². The van der Waals surface area contributed by atoms with E-state index in [9.17, 15) is 13.2 Å². The van der Waals surface area contributed by atoms with Gasteiger partial charge in [0.2, 0.25) is 10.0 Å². The van der Waals surface area contributed by atoms with Gasteiger partial charge in [0.15, 0.2) is 0 Å². The Morgan fingerprint density at radius 2 is 1.78 bits per heavy atom. The molecule has 0 spiro atoms. The maximum Gasteiger partial charge on any atom is 0.254 e. The van der Waals surface area contributed by atoms with Gasteiger partial charge in [-0.3, -0.25) is 4.79 Å². The SMILES string of the molecule is CCCN(CCC)S(=O)(=O)c1ccc(C(=O)N2CCC(C)CC2CN)cc1. The monoisotopic (exact) mass is 395 g/mol. The third-order valence-electron chi connectivity index (χ3n) is 5.20. The van der Waals surface area contributed by atoms with E-state index in [1.165, 1.54) is 4.31 Å². The van der Waals surface area contributed by atoms with Crippen molar-refractivity contribution < 1.29 is 13.2 Å². The number of hydrogen-bond donors (Lipinski definition) is 1. The first-order valence-electron chi connectivity index (χ1n) is 9.96. The highest BCUT2D eigenvalue weighted by Gasteiger charge is 2.30. The summed E-state index contributed by atoms with van der Waals surface area (Å²) in [6.07, 6.45) is 3.42. The number of hydrogen-bond acceptors (Lipinski definition) is 4. The van der Waals surface area contributed by atoms with Crippen LogP contribution in [0.2, 0.25) is 0 Å². The molecule has 1 amide bonds. The van der Waals surface area contributed by atoms with Gasteiger partial charge in [0, 0.05) is 37.8 Å². The number of likely N-dealkylation sites (tertiary alicyclic amines) is 1. The molecule has 1 aliphatic heterocycles. The number of rotatable bonds is 8. The fraction of sp³-hybridized carbons (Fsp3) is 0.650. The fourth-order valence-electron chi connectivity index (χ4n) is 3.68. The third kappa shape index (κ3) is 5.09. The number of sulfonamides is 1. The van der Waals surface area contributed by atoms with Crippen molar-refractivity contribution in [1.82, 2.24) is 9.21 Å². The van der Waals surface area contributed by atoms with Crippen LogP contribution in [0.4, 0.5) is 0 Å². The molecular formula is C20H33N3O3S. The van der Waals surface area contributed by atoms with Crippen molar-refractivity contribution in [1.29, 1.82) is 0 Å². The molecule has 2 rings (SSSR count). The molecule has 7 heteroatoms. The molecule has 152 valence electrons. The molecule has 6 nitrogen and oxygen atoms in total. The summed E-state index contributed by atoms with van der Waals surface area (Å²) in [7, 11) is -3.53. The average molecular weight is 396 g/mol. The van der Waals surface area contributed by atoms with E-state index in [-0.39, 0.29) is 16.8 Å². The van der Waals surface area contributed by atoms with Crippen LogP contribution in [0.25, 0.3) is 0 Å². The van der Waals surface area contributed by atoms with Crippen molar-refractivity contribution in [3.05, 3.63) is 29.8 Å². The van der Waals surface area contributed by atoms with Crippen LogP contribution in [0.15, 0.2) is 29.2 Å². The fourth-order valence-corrected chi connectivity index (χ4v) is 5.30. The first-order chi connectivity index (χ1) is 12.8. The van der Waals surface area contributed by atoms with E-state index < -0.39 is 10.0 Å². The van der Waals surface area contributed by atoms with Gasteiger partial charge >= 0.3 is 0 Å². The molecule has 0 aromatic heterocycles. The number of piperidine rings is 1. The maximum atomic E-state index is 12.9. The zero-order chi connectivity index (χ0) is 20.0. The second kappa shape index (κ2) is 9.66. The van der Waals surface area contributed by atoms with Gasteiger partial charge in [0.1, 0.15) is 0 Å². The maximum absolute atomic E-state index is 12.9. The Morgan fingerprint density at radius 1 is 1.19 bits per heavy atom. The van der Waals surface area contributed by atoms with Gasteiger partial charge in [-0.25, -0.2) is 8.42 Å². The van der Waals surface area contributed by atoms with Gasteiger partial charge in [-0.15, -0.1) is 0 Å². The third-order valence-corrected chi connectivity index (χ3v) is 7.11. The lowest BCUT2D eigenvalue weighted by atomic mass is 9.92. The molecule has 1 saturated heterocycles. The molecule has 0 aliphatic carbocycles. The van der Waals surface area contributed by atoms with Gasteiger partial charge in [-0.1, -0.05) is 20.8 Å². The van der Waals surface area contributed by atoms with Gasteiger partial charge in [-0.05, 0) is 55.9 Å². The van der Waals surface area contributed by atoms with E-state index in [1.807, 2.05) is 18.7 Å². The highest BCUT2D eigenvalue weighted by atomic mass is 32.2. The van der Waals surface area contributed by atoms with E-state index in [0.717, 1.165) is 25.7 Å². The highest BCUT2D eigenvalue weighted by molar-refractivity contribution is 7.89. The highest BCUT2D eigenvalue weighted by Crippen LogP contribution is 2.24. The molecule has 1 aromatic rings. The number of carbonyl (C=O) groups excluding carboxylic acids is 1. The summed E-state index contributed by atoms with van der Waals surface area (Å²) in [5, 5.41) is 0. The Labute approximate surface area is 163 Å². The van der Waals surface area contributed by atoms with Crippen LogP contribution >= 0.6 is 0 Å². The first kappa shape index (κ1) is 21.9. The van der Waals surface area contributed by atoms with Crippen molar-refractivity contribution in [2.45, 2.75) is 57.4 Å². The Bertz CT molecular complexity index is 712. The van der Waals surface area contributed by atoms with Crippen LogP contribution in [-0.2, 0) is 10.0 Å². The van der Waals surface area contributed by atoms with Crippen molar-refractivity contribution in [3.8, 4) is 0 Å². The Kier molecular flexibility index (Phi) is 7.82. The minimum atomic E-state index is -3.53. The van der Waals surface area contributed by atoms with Gasteiger partial charge in [0.05, 0.1) is 4.90 Å². The number of benzene rings is 1. The molecule has 2 unspecified atom stereocenters. The Hall–Kier alpha value is -1.44. The van der Waals surface area contributed by atoms with Gasteiger partial charge in [0.25, 0.3) is 5.91 Å². The predicted molar refractivity (Wildman–Crippen MR) is 108 cm³/mol. The smallest absolute Gasteiger partial charge is 0.254 e. The number of amides is 1. The lowest BCUT2D eigenvalue weighted by molar-refractivity contribution is 0.0573. The molecule has 1 aliphatic rings. The molecule has 1 heterocycles. The Morgan fingerprint density at radius 3 is 2.30 bits per heavy atom. The summed E-state index contributed by atoms with van der Waals surface area (Å²) in [4.78, 5) is 15.0. The normalized spacial score (nSPS) is 20.9. The van der Waals surface area contributed by atoms with Crippen molar-refractivity contribution >= 4 is 15.9 Å². The summed E-state index contributed by atoms with van der Waals surface area (Å²) < 4.78 is 27.2. The van der Waals surface area contributed by atoms with E-state index in [4.69, 9.17) is 5.73 Å². The number of nitrogens with zero attached hydrogens (tertiary/aromatic N) is 2. The summed E-state index contributed by atoms with van der Waals surface area (Å²) in [5.41, 5.74) is 6.38. The quantitative estimate of drug-likeness (QED) is 0.733. The van der Waals surface area contributed by atoms with Crippen molar-refractivity contribution in [2.24, 2.45) is 11.7 Å². The van der Waals surface area contributed by atoms with Gasteiger partial charge in [-0.2, -0.15) is 4.31 Å². The minimum Gasteiger partial charge on any atom is -0.334 e. The summed E-state index contributed by atoms with van der Waals surface area (Å²) in [5.74, 6) is 0.499. The van der Waals surface area contributed by atoms with Gasteiger partial charge < -0.3 is 10.6 Å². The first-order valence-corrected chi connectivity index (χ1v) is 11.4. The molecule has 0 bridgehead atoms. The minimum absolute atomic E-state index is 0.0502. The topological polar surface area (TPSA) is 83.7 Å². The zero-order valence-corrected chi connectivity index (χ0v) is 17.5. The van der Waals surface area contributed by atoms with E-state index in [2.05, 4.69) is 6.92 Å². The van der Waals surface area contributed by atoms with Crippen LogP contribution in [-0.4, -0.2) is 55.8 Å².